The van der Waals surface area contributed by atoms with Crippen LogP contribution in [0.5, 0.6) is 5.75 Å². The van der Waals surface area contributed by atoms with Gasteiger partial charge in [0.05, 0.1) is 17.7 Å². The number of ether oxygens (including phenoxy) is 1. The Bertz CT molecular complexity index is 1620. The fourth-order valence-electron chi connectivity index (χ4n) is 4.57. The normalized spacial score (nSPS) is 11.8. The van der Waals surface area contributed by atoms with E-state index in [2.05, 4.69) is 21.2 Å². The molecule has 0 heterocycles. The number of methoxy groups -OCH3 is 1. The maximum atomic E-state index is 14.3. The average molecular weight is 651 g/mol. The lowest BCUT2D eigenvalue weighted by Gasteiger charge is -2.33. The van der Waals surface area contributed by atoms with E-state index in [0.717, 1.165) is 15.4 Å². The van der Waals surface area contributed by atoms with Crippen LogP contribution in [0.3, 0.4) is 0 Å². The largest absolute Gasteiger partial charge is 0.497 e. The van der Waals surface area contributed by atoms with E-state index in [-0.39, 0.29) is 23.8 Å². The molecule has 0 saturated heterocycles. The number of anilines is 1. The number of carbonyl (C=O) groups is 2. The Morgan fingerprint density at radius 2 is 1.50 bits per heavy atom. The van der Waals surface area contributed by atoms with Crippen LogP contribution >= 0.6 is 15.9 Å². The summed E-state index contributed by atoms with van der Waals surface area (Å²) in [5, 5.41) is 2.68. The Hall–Kier alpha value is -4.15. The van der Waals surface area contributed by atoms with Gasteiger partial charge in [0.1, 0.15) is 18.3 Å². The van der Waals surface area contributed by atoms with Gasteiger partial charge >= 0.3 is 0 Å². The number of benzene rings is 4. The topological polar surface area (TPSA) is 96.0 Å². The summed E-state index contributed by atoms with van der Waals surface area (Å²) in [4.78, 5) is 29.1. The molecule has 0 fully saturated rings. The van der Waals surface area contributed by atoms with Crippen LogP contribution in [-0.2, 0) is 32.6 Å². The van der Waals surface area contributed by atoms with Gasteiger partial charge in [-0.25, -0.2) is 8.42 Å². The van der Waals surface area contributed by atoms with Crippen molar-refractivity contribution in [3.8, 4) is 5.75 Å². The third-order valence-electron chi connectivity index (χ3n) is 6.71. The molecule has 1 atom stereocenters. The number of rotatable bonds is 12. The zero-order chi connectivity index (χ0) is 30.1. The van der Waals surface area contributed by atoms with Crippen molar-refractivity contribution >= 4 is 43.5 Å². The molecular weight excluding hydrogens is 618 g/mol. The van der Waals surface area contributed by atoms with Gasteiger partial charge in [0.15, 0.2) is 0 Å². The molecule has 0 aliphatic heterocycles. The molecule has 1 N–H and O–H groups in total. The Labute approximate surface area is 255 Å². The number of nitrogens with one attached hydrogen (secondary N) is 1. The highest BCUT2D eigenvalue weighted by atomic mass is 79.9. The van der Waals surface area contributed by atoms with Crippen molar-refractivity contribution in [1.29, 1.82) is 0 Å². The molecule has 4 aromatic carbocycles. The number of carbonyl (C=O) groups excluding carboxylic acids is 2. The zero-order valence-electron chi connectivity index (χ0n) is 23.3. The van der Waals surface area contributed by atoms with Crippen LogP contribution in [-0.4, -0.2) is 51.9 Å². The van der Waals surface area contributed by atoms with Gasteiger partial charge in [0, 0.05) is 24.5 Å². The highest BCUT2D eigenvalue weighted by Gasteiger charge is 2.34. The maximum Gasteiger partial charge on any atom is 0.264 e. The molecule has 4 rings (SSSR count). The SMILES string of the molecule is CNC(=O)[C@H](Cc1ccccc1)N(Cc1cccc(OC)c1)C(=O)CN(c1cccc(Br)c1)S(=O)(=O)c1ccccc1. The molecule has 218 valence electrons. The maximum absolute atomic E-state index is 14.3. The standard InChI is InChI=1S/C32H32BrN3O5S/c1-34-32(38)30(20-24-11-5-3-6-12-24)35(22-25-13-9-16-28(19-25)41-2)31(37)23-36(27-15-10-14-26(33)21-27)42(39,40)29-17-7-4-8-18-29/h3-19,21,30H,20,22-23H2,1-2H3,(H,34,38)/t30-/m0/s1. The highest BCUT2D eigenvalue weighted by Crippen LogP contribution is 2.27. The third kappa shape index (κ3) is 7.57. The van der Waals surface area contributed by atoms with Crippen molar-refractivity contribution in [3.05, 3.63) is 125 Å². The molecule has 0 bridgehead atoms. The summed E-state index contributed by atoms with van der Waals surface area (Å²) in [5.41, 5.74) is 1.89. The first-order valence-electron chi connectivity index (χ1n) is 13.2. The summed E-state index contributed by atoms with van der Waals surface area (Å²) in [6, 6.07) is 30.4. The zero-order valence-corrected chi connectivity index (χ0v) is 25.7. The van der Waals surface area contributed by atoms with Gasteiger partial charge in [-0.2, -0.15) is 0 Å². The van der Waals surface area contributed by atoms with Crippen molar-refractivity contribution in [2.45, 2.75) is 23.9 Å². The molecule has 0 aromatic heterocycles. The summed E-state index contributed by atoms with van der Waals surface area (Å²) >= 11 is 3.41. The van der Waals surface area contributed by atoms with Crippen LogP contribution in [0.15, 0.2) is 119 Å². The second-order valence-electron chi connectivity index (χ2n) is 9.50. The molecule has 0 spiro atoms. The summed E-state index contributed by atoms with van der Waals surface area (Å²) in [6.45, 7) is -0.474. The van der Waals surface area contributed by atoms with Gasteiger partial charge in [0.25, 0.3) is 10.0 Å². The first-order valence-corrected chi connectivity index (χ1v) is 15.5. The van der Waals surface area contributed by atoms with Gasteiger partial charge in [-0.1, -0.05) is 82.7 Å². The molecular formula is C32H32BrN3O5S. The molecule has 8 nitrogen and oxygen atoms in total. The van der Waals surface area contributed by atoms with Gasteiger partial charge in [-0.05, 0) is 53.6 Å². The predicted octanol–water partition coefficient (Wildman–Crippen LogP) is 5.04. The molecule has 42 heavy (non-hydrogen) atoms. The lowest BCUT2D eigenvalue weighted by molar-refractivity contribution is -0.139. The molecule has 0 saturated carbocycles. The molecule has 4 aromatic rings. The lowest BCUT2D eigenvalue weighted by Crippen LogP contribution is -2.53. The summed E-state index contributed by atoms with van der Waals surface area (Å²) in [5.74, 6) is -0.307. The van der Waals surface area contributed by atoms with Crippen molar-refractivity contribution in [2.75, 3.05) is 25.0 Å². The first kappa shape index (κ1) is 30.8. The quantitative estimate of drug-likeness (QED) is 0.232. The van der Waals surface area contributed by atoms with Gasteiger partial charge in [-0.15, -0.1) is 0 Å². The second-order valence-corrected chi connectivity index (χ2v) is 12.3. The molecule has 0 aliphatic rings. The van der Waals surface area contributed by atoms with Crippen LogP contribution < -0.4 is 14.4 Å². The summed E-state index contributed by atoms with van der Waals surface area (Å²) in [7, 11) is -1.08. The monoisotopic (exact) mass is 649 g/mol. The first-order chi connectivity index (χ1) is 20.2. The predicted molar refractivity (Wildman–Crippen MR) is 167 cm³/mol. The van der Waals surface area contributed by atoms with Gasteiger partial charge in [0.2, 0.25) is 11.8 Å². The van der Waals surface area contributed by atoms with Crippen LogP contribution in [0.1, 0.15) is 11.1 Å². The van der Waals surface area contributed by atoms with Crippen molar-refractivity contribution in [1.82, 2.24) is 10.2 Å². The smallest absolute Gasteiger partial charge is 0.264 e. The van der Waals surface area contributed by atoms with Crippen molar-refractivity contribution < 1.29 is 22.7 Å². The summed E-state index contributed by atoms with van der Waals surface area (Å²) in [6.07, 6.45) is 0.235. The van der Waals surface area contributed by atoms with Gasteiger partial charge < -0.3 is 15.0 Å². The van der Waals surface area contributed by atoms with Crippen LogP contribution in [0.4, 0.5) is 5.69 Å². The molecule has 0 aliphatic carbocycles. The number of sulfonamides is 1. The Morgan fingerprint density at radius 1 is 0.857 bits per heavy atom. The minimum atomic E-state index is -4.15. The number of hydrogen-bond donors (Lipinski definition) is 1. The van der Waals surface area contributed by atoms with E-state index in [1.165, 1.54) is 24.1 Å². The van der Waals surface area contributed by atoms with E-state index in [0.29, 0.717) is 15.9 Å². The Balaban J connectivity index is 1.79. The van der Waals surface area contributed by atoms with E-state index in [9.17, 15) is 18.0 Å². The highest BCUT2D eigenvalue weighted by molar-refractivity contribution is 9.10. The van der Waals surface area contributed by atoms with Crippen molar-refractivity contribution in [2.24, 2.45) is 0 Å². The minimum absolute atomic E-state index is 0.0456. The molecule has 2 amide bonds. The lowest BCUT2D eigenvalue weighted by atomic mass is 10.0. The molecule has 10 heteroatoms. The fourth-order valence-corrected chi connectivity index (χ4v) is 6.38. The minimum Gasteiger partial charge on any atom is -0.497 e. The van der Waals surface area contributed by atoms with E-state index in [1.54, 1.807) is 67.8 Å². The van der Waals surface area contributed by atoms with Crippen molar-refractivity contribution in [3.63, 3.8) is 0 Å². The number of hydrogen-bond acceptors (Lipinski definition) is 5. The van der Waals surface area contributed by atoms with Crippen LogP contribution in [0.2, 0.25) is 0 Å². The fraction of sp³-hybridized carbons (Fsp3) is 0.188. The number of halogens is 1. The molecule has 0 unspecified atom stereocenters. The van der Waals surface area contributed by atoms with Crippen LogP contribution in [0, 0.1) is 0 Å². The second kappa shape index (κ2) is 14.2. The molecule has 0 radical (unpaired) electrons. The van der Waals surface area contributed by atoms with E-state index in [1.807, 2.05) is 36.4 Å². The van der Waals surface area contributed by atoms with E-state index < -0.39 is 28.5 Å². The third-order valence-corrected chi connectivity index (χ3v) is 8.99. The number of likely N-dealkylation sites (N-methyl/N-ethyl adjacent to an activating group) is 1. The van der Waals surface area contributed by atoms with Crippen LogP contribution in [0.25, 0.3) is 0 Å². The Morgan fingerprint density at radius 3 is 2.14 bits per heavy atom. The van der Waals surface area contributed by atoms with Gasteiger partial charge in [-0.3, -0.25) is 13.9 Å². The summed E-state index contributed by atoms with van der Waals surface area (Å²) < 4.78 is 35.0. The average Bonchev–Trinajstić information content (AvgIpc) is 3.02. The Kier molecular flexibility index (Phi) is 10.4. The van der Waals surface area contributed by atoms with E-state index in [4.69, 9.17) is 4.74 Å². The van der Waals surface area contributed by atoms with E-state index >= 15 is 0 Å². The number of amides is 2. The number of nitrogens with zero attached hydrogens (tertiary/aromatic N) is 2.